The van der Waals surface area contributed by atoms with Crippen molar-refractivity contribution in [1.82, 2.24) is 9.88 Å². The number of amides is 1. The molecule has 1 aromatic heterocycles. The third-order valence-electron chi connectivity index (χ3n) is 4.76. The van der Waals surface area contributed by atoms with Gasteiger partial charge in [-0.3, -0.25) is 9.69 Å². The zero-order valence-corrected chi connectivity index (χ0v) is 20.4. The van der Waals surface area contributed by atoms with E-state index in [-0.39, 0.29) is 5.91 Å². The third kappa shape index (κ3) is 5.84. The number of carbonyl (C=O) groups is 1. The molecule has 0 saturated carbocycles. The Bertz CT molecular complexity index is 1010. The average molecular weight is 442 g/mol. The Hall–Kier alpha value is -1.89. The highest BCUT2D eigenvalue weighted by molar-refractivity contribution is 7.99. The number of carbonyl (C=O) groups excluding carboxylic acids is 1. The van der Waals surface area contributed by atoms with Gasteiger partial charge in [0.05, 0.1) is 16.6 Å². The SMILES string of the molecule is Cc1cc(C)c2sc(N(CCN(C)C)C(=O)Cc3ccc(SC(C)C)cc3)nc2c1. The lowest BCUT2D eigenvalue weighted by atomic mass is 10.1. The summed E-state index contributed by atoms with van der Waals surface area (Å²) in [5, 5.41) is 1.34. The number of thioether (sulfide) groups is 1. The van der Waals surface area contributed by atoms with Crippen LogP contribution in [0.2, 0.25) is 0 Å². The van der Waals surface area contributed by atoms with E-state index < -0.39 is 0 Å². The molecule has 30 heavy (non-hydrogen) atoms. The van der Waals surface area contributed by atoms with Crippen LogP contribution in [0.5, 0.6) is 0 Å². The highest BCUT2D eigenvalue weighted by atomic mass is 32.2. The molecule has 0 spiro atoms. The summed E-state index contributed by atoms with van der Waals surface area (Å²) in [5.74, 6) is 0.0922. The predicted octanol–water partition coefficient (Wildman–Crippen LogP) is 5.55. The normalized spacial score (nSPS) is 11.6. The molecule has 6 heteroatoms. The largest absolute Gasteiger partial charge is 0.308 e. The molecule has 0 radical (unpaired) electrons. The summed E-state index contributed by atoms with van der Waals surface area (Å²) >= 11 is 3.45. The third-order valence-corrected chi connectivity index (χ3v) is 7.01. The molecule has 0 fully saturated rings. The van der Waals surface area contributed by atoms with Crippen molar-refractivity contribution < 1.29 is 4.79 Å². The van der Waals surface area contributed by atoms with E-state index in [1.165, 1.54) is 16.0 Å². The van der Waals surface area contributed by atoms with Crippen molar-refractivity contribution in [1.29, 1.82) is 0 Å². The van der Waals surface area contributed by atoms with Crippen LogP contribution in [0, 0.1) is 13.8 Å². The van der Waals surface area contributed by atoms with Crippen molar-refractivity contribution in [3.63, 3.8) is 0 Å². The monoisotopic (exact) mass is 441 g/mol. The maximum Gasteiger partial charge on any atom is 0.233 e. The van der Waals surface area contributed by atoms with Gasteiger partial charge in [-0.15, -0.1) is 11.8 Å². The lowest BCUT2D eigenvalue weighted by Crippen LogP contribution is -2.37. The number of thiazole rings is 1. The van der Waals surface area contributed by atoms with E-state index in [1.54, 1.807) is 11.3 Å². The predicted molar refractivity (Wildman–Crippen MR) is 131 cm³/mol. The molecule has 1 amide bonds. The molecule has 160 valence electrons. The maximum absolute atomic E-state index is 13.3. The molecule has 0 aliphatic rings. The fraction of sp³-hybridized carbons (Fsp3) is 0.417. The number of hydrogen-bond donors (Lipinski definition) is 0. The molecule has 3 rings (SSSR count). The zero-order chi connectivity index (χ0) is 21.8. The van der Waals surface area contributed by atoms with Crippen LogP contribution in [0.15, 0.2) is 41.3 Å². The molecule has 0 bridgehead atoms. The number of aryl methyl sites for hydroxylation is 2. The van der Waals surface area contributed by atoms with E-state index in [9.17, 15) is 4.79 Å². The van der Waals surface area contributed by atoms with Crippen molar-refractivity contribution in [3.05, 3.63) is 53.1 Å². The first-order valence-corrected chi connectivity index (χ1v) is 12.0. The summed E-state index contributed by atoms with van der Waals surface area (Å²) in [6, 6.07) is 12.6. The van der Waals surface area contributed by atoms with Crippen molar-refractivity contribution in [3.8, 4) is 0 Å². The zero-order valence-electron chi connectivity index (χ0n) is 18.7. The van der Waals surface area contributed by atoms with Gasteiger partial charge in [0, 0.05) is 23.2 Å². The van der Waals surface area contributed by atoms with Crippen LogP contribution >= 0.6 is 23.1 Å². The van der Waals surface area contributed by atoms with Crippen molar-refractivity contribution in [2.75, 3.05) is 32.1 Å². The topological polar surface area (TPSA) is 36.4 Å². The number of rotatable bonds is 8. The van der Waals surface area contributed by atoms with Crippen molar-refractivity contribution >= 4 is 44.4 Å². The van der Waals surface area contributed by atoms with Crippen LogP contribution in [0.25, 0.3) is 10.2 Å². The quantitative estimate of drug-likeness (QED) is 0.429. The van der Waals surface area contributed by atoms with Gasteiger partial charge >= 0.3 is 0 Å². The fourth-order valence-corrected chi connectivity index (χ4v) is 5.23. The number of fused-ring (bicyclic) bond motifs is 1. The minimum absolute atomic E-state index is 0.0922. The smallest absolute Gasteiger partial charge is 0.233 e. The molecule has 3 aromatic rings. The van der Waals surface area contributed by atoms with E-state index >= 15 is 0 Å². The summed E-state index contributed by atoms with van der Waals surface area (Å²) in [7, 11) is 4.05. The van der Waals surface area contributed by atoms with Crippen LogP contribution in [0.1, 0.15) is 30.5 Å². The molecule has 0 atom stereocenters. The summed E-state index contributed by atoms with van der Waals surface area (Å²) in [6.07, 6.45) is 0.383. The molecular weight excluding hydrogens is 410 g/mol. The minimum Gasteiger partial charge on any atom is -0.308 e. The van der Waals surface area contributed by atoms with Gasteiger partial charge < -0.3 is 4.90 Å². The van der Waals surface area contributed by atoms with Gasteiger partial charge in [-0.2, -0.15) is 0 Å². The molecular formula is C24H31N3OS2. The second kappa shape index (κ2) is 9.94. The minimum atomic E-state index is 0.0922. The van der Waals surface area contributed by atoms with E-state index in [4.69, 9.17) is 4.98 Å². The highest BCUT2D eigenvalue weighted by Crippen LogP contribution is 2.32. The maximum atomic E-state index is 13.3. The van der Waals surface area contributed by atoms with Crippen molar-refractivity contribution in [2.45, 2.75) is 44.3 Å². The van der Waals surface area contributed by atoms with Gasteiger partial charge in [0.2, 0.25) is 5.91 Å². The lowest BCUT2D eigenvalue weighted by Gasteiger charge is -2.22. The fourth-order valence-electron chi connectivity index (χ4n) is 3.34. The summed E-state index contributed by atoms with van der Waals surface area (Å²) in [6.45, 7) is 9.99. The number of hydrogen-bond acceptors (Lipinski definition) is 5. The first-order chi connectivity index (χ1) is 14.2. The Morgan fingerprint density at radius 2 is 1.80 bits per heavy atom. The Kier molecular flexibility index (Phi) is 7.55. The second-order valence-electron chi connectivity index (χ2n) is 8.26. The van der Waals surface area contributed by atoms with E-state index in [0.717, 1.165) is 27.5 Å². The van der Waals surface area contributed by atoms with Crippen LogP contribution < -0.4 is 4.90 Å². The van der Waals surface area contributed by atoms with Crippen LogP contribution in [-0.4, -0.2) is 48.2 Å². The van der Waals surface area contributed by atoms with Gasteiger partial charge in [-0.05, 0) is 62.8 Å². The molecule has 0 saturated heterocycles. The number of benzene rings is 2. The average Bonchev–Trinajstić information content (AvgIpc) is 3.06. The van der Waals surface area contributed by atoms with Crippen LogP contribution in [0.4, 0.5) is 5.13 Å². The summed E-state index contributed by atoms with van der Waals surface area (Å²) < 4.78 is 1.16. The first-order valence-electron chi connectivity index (χ1n) is 10.3. The van der Waals surface area contributed by atoms with Crippen LogP contribution in [0.3, 0.4) is 0 Å². The first kappa shape index (κ1) is 22.8. The van der Waals surface area contributed by atoms with Crippen molar-refractivity contribution in [2.24, 2.45) is 0 Å². The van der Waals surface area contributed by atoms with Gasteiger partial charge in [0.25, 0.3) is 0 Å². The van der Waals surface area contributed by atoms with E-state index in [0.29, 0.717) is 18.2 Å². The number of likely N-dealkylation sites (N-methyl/N-ethyl adjacent to an activating group) is 1. The molecule has 4 nitrogen and oxygen atoms in total. The Labute approximate surface area is 188 Å². The molecule has 0 unspecified atom stereocenters. The standard InChI is InChI=1S/C24H31N3OS2/c1-16(2)29-20-9-7-19(8-10-20)15-22(28)27(12-11-26(5)6)24-25-21-14-17(3)13-18(4)23(21)30-24/h7-10,13-14,16H,11-12,15H2,1-6H3. The summed E-state index contributed by atoms with van der Waals surface area (Å²) in [5.41, 5.74) is 4.43. The molecule has 0 N–H and O–H groups in total. The molecule has 0 aliphatic heterocycles. The Morgan fingerprint density at radius 3 is 2.43 bits per heavy atom. The van der Waals surface area contributed by atoms with Gasteiger partial charge in [0.1, 0.15) is 0 Å². The van der Waals surface area contributed by atoms with Gasteiger partial charge in [0.15, 0.2) is 5.13 Å². The molecule has 0 aliphatic carbocycles. The van der Waals surface area contributed by atoms with E-state index in [1.807, 2.05) is 30.8 Å². The molecule has 2 aromatic carbocycles. The number of nitrogens with zero attached hydrogens (tertiary/aromatic N) is 3. The number of anilines is 1. The number of aromatic nitrogens is 1. The summed E-state index contributed by atoms with van der Waals surface area (Å²) in [4.78, 5) is 23.3. The Balaban J connectivity index is 1.84. The van der Waals surface area contributed by atoms with E-state index in [2.05, 4.69) is 69.0 Å². The van der Waals surface area contributed by atoms with Gasteiger partial charge in [-0.1, -0.05) is 43.4 Å². The highest BCUT2D eigenvalue weighted by Gasteiger charge is 2.21. The van der Waals surface area contributed by atoms with Gasteiger partial charge in [-0.25, -0.2) is 4.98 Å². The van der Waals surface area contributed by atoms with Crippen LogP contribution in [-0.2, 0) is 11.2 Å². The second-order valence-corrected chi connectivity index (χ2v) is 10.9. The molecule has 1 heterocycles. The Morgan fingerprint density at radius 1 is 1.10 bits per heavy atom. The lowest BCUT2D eigenvalue weighted by molar-refractivity contribution is -0.118.